The van der Waals surface area contributed by atoms with Crippen molar-refractivity contribution in [1.29, 1.82) is 0 Å². The Morgan fingerprint density at radius 1 is 1.18 bits per heavy atom. The van der Waals surface area contributed by atoms with Crippen LogP contribution in [0.4, 0.5) is 0 Å². The van der Waals surface area contributed by atoms with E-state index in [0.717, 1.165) is 10.9 Å². The summed E-state index contributed by atoms with van der Waals surface area (Å²) < 4.78 is 17.9. The van der Waals surface area contributed by atoms with Crippen molar-refractivity contribution in [2.24, 2.45) is 5.73 Å². The van der Waals surface area contributed by atoms with Crippen molar-refractivity contribution < 1.29 is 28.9 Å². The summed E-state index contributed by atoms with van der Waals surface area (Å²) in [7, 11) is 0. The maximum atomic E-state index is 13.6. The van der Waals surface area contributed by atoms with Gasteiger partial charge in [0.2, 0.25) is 12.7 Å². The molecule has 5 heterocycles. The summed E-state index contributed by atoms with van der Waals surface area (Å²) in [6.45, 7) is 4.58. The van der Waals surface area contributed by atoms with Crippen LogP contribution in [0.1, 0.15) is 48.9 Å². The molecule has 206 valence electrons. The second kappa shape index (κ2) is 9.66. The van der Waals surface area contributed by atoms with Crippen LogP contribution in [0, 0.1) is 11.8 Å². The quantitative estimate of drug-likeness (QED) is 0.281. The molecule has 1 amide bonds. The molecule has 0 fully saturated rings. The van der Waals surface area contributed by atoms with Crippen LogP contribution in [0.2, 0.25) is 0 Å². The number of pyridine rings is 2. The molecule has 0 spiro atoms. The molecular formula is C29H28N4O7. The fourth-order valence-electron chi connectivity index (χ4n) is 5.54. The lowest BCUT2D eigenvalue weighted by Crippen LogP contribution is -2.44. The summed E-state index contributed by atoms with van der Waals surface area (Å²) >= 11 is 0. The summed E-state index contributed by atoms with van der Waals surface area (Å²) in [5.41, 5.74) is 6.83. The summed E-state index contributed by atoms with van der Waals surface area (Å²) in [5.74, 6) is 6.68. The Labute approximate surface area is 229 Å². The molecule has 1 atom stereocenters. The Morgan fingerprint density at radius 2 is 1.95 bits per heavy atom. The Morgan fingerprint density at radius 3 is 2.67 bits per heavy atom. The maximum absolute atomic E-state index is 13.6. The zero-order valence-electron chi connectivity index (χ0n) is 22.2. The van der Waals surface area contributed by atoms with Crippen molar-refractivity contribution in [3.8, 4) is 34.7 Å². The average Bonchev–Trinajstić information content (AvgIpc) is 3.57. The van der Waals surface area contributed by atoms with E-state index >= 15 is 0 Å². The lowest BCUT2D eigenvalue weighted by molar-refractivity contribution is -0.172. The first-order chi connectivity index (χ1) is 19.3. The summed E-state index contributed by atoms with van der Waals surface area (Å²) in [5, 5.41) is 11.9. The Balaban J connectivity index is 1.51. The van der Waals surface area contributed by atoms with Gasteiger partial charge in [-0.2, -0.15) is 0 Å². The first-order valence-corrected chi connectivity index (χ1v) is 13.2. The van der Waals surface area contributed by atoms with Crippen LogP contribution in [0.15, 0.2) is 23.0 Å². The molecule has 0 saturated heterocycles. The molecule has 3 N–H and O–H groups in total. The van der Waals surface area contributed by atoms with Gasteiger partial charge in [0, 0.05) is 47.7 Å². The molecule has 40 heavy (non-hydrogen) atoms. The third kappa shape index (κ3) is 3.83. The number of likely N-dealkylation sites (N-methyl/N-ethyl adjacent to an activating group) is 1. The third-order valence-corrected chi connectivity index (χ3v) is 7.81. The molecule has 3 aliphatic heterocycles. The predicted octanol–water partition coefficient (Wildman–Crippen LogP) is 1.36. The van der Waals surface area contributed by atoms with Gasteiger partial charge in [-0.3, -0.25) is 9.59 Å². The predicted molar refractivity (Wildman–Crippen MR) is 143 cm³/mol. The standard InChI is InChI=1S/C29H28N4O7/c1-3-29(37)20-10-22-26-18(13-33(22)27(35)19(20)14-38-28(29)36)16(7-5-6-8-32(4-2)25(34)12-30)17-9-23-24(40-15-39-23)11-21(17)31-26/h9-11,37H,3-4,6,8,12-15,30H2,1-2H3/t29-/m0/s1. The molecular weight excluding hydrogens is 516 g/mol. The molecule has 11 heteroatoms. The number of ether oxygens (including phenoxy) is 3. The van der Waals surface area contributed by atoms with Crippen molar-refractivity contribution in [2.45, 2.75) is 45.4 Å². The highest BCUT2D eigenvalue weighted by Crippen LogP contribution is 2.42. The fourth-order valence-corrected chi connectivity index (χ4v) is 5.54. The number of aliphatic hydroxyl groups is 1. The second-order valence-electron chi connectivity index (χ2n) is 9.87. The van der Waals surface area contributed by atoms with Crippen LogP contribution in [0.25, 0.3) is 22.3 Å². The molecule has 3 aliphatic rings. The van der Waals surface area contributed by atoms with E-state index in [-0.39, 0.29) is 55.5 Å². The van der Waals surface area contributed by atoms with Gasteiger partial charge < -0.3 is 34.5 Å². The van der Waals surface area contributed by atoms with Gasteiger partial charge in [0.15, 0.2) is 17.1 Å². The minimum Gasteiger partial charge on any atom is -0.458 e. The first kappa shape index (κ1) is 25.9. The Kier molecular flexibility index (Phi) is 6.24. The molecule has 0 bridgehead atoms. The maximum Gasteiger partial charge on any atom is 0.343 e. The largest absolute Gasteiger partial charge is 0.458 e. The van der Waals surface area contributed by atoms with Crippen LogP contribution in [-0.2, 0) is 33.1 Å². The molecule has 2 aromatic heterocycles. The van der Waals surface area contributed by atoms with E-state index in [9.17, 15) is 19.5 Å². The summed E-state index contributed by atoms with van der Waals surface area (Å²) in [6, 6.07) is 5.29. The lowest BCUT2D eigenvalue weighted by Gasteiger charge is -2.31. The summed E-state index contributed by atoms with van der Waals surface area (Å²) in [6.07, 6.45) is 0.480. The van der Waals surface area contributed by atoms with Gasteiger partial charge in [-0.1, -0.05) is 18.8 Å². The van der Waals surface area contributed by atoms with Gasteiger partial charge in [-0.05, 0) is 25.5 Å². The van der Waals surface area contributed by atoms with Crippen molar-refractivity contribution in [2.75, 3.05) is 26.4 Å². The highest BCUT2D eigenvalue weighted by molar-refractivity contribution is 5.93. The molecule has 11 nitrogen and oxygen atoms in total. The normalized spacial score (nSPS) is 17.9. The van der Waals surface area contributed by atoms with E-state index in [2.05, 4.69) is 11.8 Å². The highest BCUT2D eigenvalue weighted by Gasteiger charge is 2.45. The Bertz CT molecular complexity index is 1720. The van der Waals surface area contributed by atoms with Crippen LogP contribution in [0.5, 0.6) is 11.5 Å². The van der Waals surface area contributed by atoms with Crippen molar-refractivity contribution >= 4 is 22.8 Å². The smallest absolute Gasteiger partial charge is 0.343 e. The Hall–Kier alpha value is -4.40. The number of hydrogen-bond acceptors (Lipinski definition) is 9. The zero-order chi connectivity index (χ0) is 28.2. The summed E-state index contributed by atoms with van der Waals surface area (Å²) in [4.78, 5) is 44.7. The van der Waals surface area contributed by atoms with Crippen molar-refractivity contribution in [3.63, 3.8) is 0 Å². The minimum atomic E-state index is -1.91. The highest BCUT2D eigenvalue weighted by atomic mass is 16.7. The van der Waals surface area contributed by atoms with Gasteiger partial charge in [0.25, 0.3) is 5.56 Å². The number of nitrogens with zero attached hydrogens (tertiary/aromatic N) is 3. The van der Waals surface area contributed by atoms with Gasteiger partial charge in [-0.25, -0.2) is 9.78 Å². The van der Waals surface area contributed by atoms with E-state index in [4.69, 9.17) is 24.9 Å². The van der Waals surface area contributed by atoms with Gasteiger partial charge in [0.05, 0.1) is 35.6 Å². The minimum absolute atomic E-state index is 0.0569. The van der Waals surface area contributed by atoms with E-state index < -0.39 is 11.6 Å². The van der Waals surface area contributed by atoms with Crippen LogP contribution in [0.3, 0.4) is 0 Å². The van der Waals surface area contributed by atoms with Crippen molar-refractivity contribution in [1.82, 2.24) is 14.5 Å². The molecule has 1 aromatic carbocycles. The topological polar surface area (TPSA) is 146 Å². The number of carbonyl (C=O) groups is 2. The first-order valence-electron chi connectivity index (χ1n) is 13.2. The number of amides is 1. The van der Waals surface area contributed by atoms with E-state index in [1.54, 1.807) is 28.5 Å². The van der Waals surface area contributed by atoms with Gasteiger partial charge in [0.1, 0.15) is 6.61 Å². The number of esters is 1. The molecule has 6 rings (SSSR count). The fraction of sp³-hybridized carbons (Fsp3) is 0.379. The third-order valence-electron chi connectivity index (χ3n) is 7.81. The van der Waals surface area contributed by atoms with Crippen LogP contribution >= 0.6 is 0 Å². The number of carbonyl (C=O) groups excluding carboxylic acids is 2. The van der Waals surface area contributed by atoms with E-state index in [1.165, 1.54) is 0 Å². The number of rotatable bonds is 5. The number of cyclic esters (lactones) is 1. The number of hydrogen-bond donors (Lipinski definition) is 2. The molecule has 0 radical (unpaired) electrons. The van der Waals surface area contributed by atoms with Gasteiger partial charge >= 0.3 is 5.97 Å². The van der Waals surface area contributed by atoms with Crippen LogP contribution < -0.4 is 20.8 Å². The molecule has 0 unspecified atom stereocenters. The van der Waals surface area contributed by atoms with Crippen molar-refractivity contribution in [3.05, 3.63) is 50.8 Å². The molecule has 0 aliphatic carbocycles. The van der Waals surface area contributed by atoms with E-state index in [0.29, 0.717) is 53.5 Å². The number of nitrogens with two attached hydrogens (primary N) is 1. The van der Waals surface area contributed by atoms with Crippen LogP contribution in [-0.4, -0.2) is 57.9 Å². The average molecular weight is 545 g/mol. The molecule has 0 saturated carbocycles. The molecule has 3 aromatic rings. The number of aromatic nitrogens is 2. The second-order valence-corrected chi connectivity index (χ2v) is 9.87. The number of fused-ring (bicyclic) bond motifs is 6. The lowest BCUT2D eigenvalue weighted by atomic mass is 9.86. The van der Waals surface area contributed by atoms with Gasteiger partial charge in [-0.15, -0.1) is 0 Å². The number of benzene rings is 1. The SMILES string of the molecule is CCN(CCC#Cc1c2c(nc3cc4c(cc13)OCO4)-c1cc3c(c(=O)n1C2)COC(=O)[C@]3(O)CC)C(=O)CN. The zero-order valence-corrected chi connectivity index (χ0v) is 22.2. The monoisotopic (exact) mass is 544 g/mol. The van der Waals surface area contributed by atoms with E-state index in [1.807, 2.05) is 13.0 Å².